The molecule has 0 unspecified atom stereocenters. The molecule has 0 atom stereocenters. The Hall–Kier alpha value is -3.14. The molecule has 0 aliphatic carbocycles. The summed E-state index contributed by atoms with van der Waals surface area (Å²) in [4.78, 5) is 12.0. The lowest BCUT2D eigenvalue weighted by molar-refractivity contribution is -0.113. The van der Waals surface area contributed by atoms with Crippen molar-refractivity contribution in [2.45, 2.75) is 11.8 Å². The predicted octanol–water partition coefficient (Wildman–Crippen LogP) is 3.41. The van der Waals surface area contributed by atoms with Crippen molar-refractivity contribution in [1.29, 1.82) is 0 Å². The first-order chi connectivity index (χ1) is 14.0. The Morgan fingerprint density at radius 2 is 1.93 bits per heavy atom. The van der Waals surface area contributed by atoms with Gasteiger partial charge in [0.25, 0.3) is 0 Å². The number of halogens is 2. The second-order valence-corrected chi connectivity index (χ2v) is 6.80. The largest absolute Gasteiger partial charge is 0.493 e. The number of nitrogens with zero attached hydrogens (tertiary/aromatic N) is 3. The number of thioether (sulfide) groups is 1. The van der Waals surface area contributed by atoms with E-state index < -0.39 is 17.5 Å². The summed E-state index contributed by atoms with van der Waals surface area (Å²) in [6.45, 7) is 0.164. The smallest absolute Gasteiger partial charge is 0.234 e. The molecule has 1 heterocycles. The van der Waals surface area contributed by atoms with Crippen LogP contribution in [0.25, 0.3) is 0 Å². The zero-order chi connectivity index (χ0) is 20.8. The van der Waals surface area contributed by atoms with Gasteiger partial charge in [-0.2, -0.15) is 0 Å². The minimum absolute atomic E-state index is 0.0177. The Bertz CT molecular complexity index is 1010. The number of aromatic nitrogens is 3. The molecule has 10 heteroatoms. The van der Waals surface area contributed by atoms with Crippen LogP contribution in [0.2, 0.25) is 0 Å². The number of benzene rings is 2. The minimum atomic E-state index is -0.835. The highest BCUT2D eigenvalue weighted by Gasteiger charge is 2.14. The first-order valence-electron chi connectivity index (χ1n) is 8.49. The fraction of sp³-hybridized carbons (Fsp3) is 0.211. The zero-order valence-corrected chi connectivity index (χ0v) is 16.5. The molecule has 0 radical (unpaired) electrons. The molecule has 0 aliphatic rings. The van der Waals surface area contributed by atoms with E-state index in [-0.39, 0.29) is 18.0 Å². The summed E-state index contributed by atoms with van der Waals surface area (Å²) in [5.41, 5.74) is -0.0825. The molecule has 29 heavy (non-hydrogen) atoms. The van der Waals surface area contributed by atoms with Crippen LogP contribution in [-0.4, -0.2) is 33.5 Å². The zero-order valence-electron chi connectivity index (χ0n) is 15.7. The van der Waals surface area contributed by atoms with Gasteiger partial charge in [0, 0.05) is 13.1 Å². The van der Waals surface area contributed by atoms with Gasteiger partial charge in [-0.1, -0.05) is 23.9 Å². The topological polar surface area (TPSA) is 78.3 Å². The molecule has 3 rings (SSSR count). The lowest BCUT2D eigenvalue weighted by Crippen LogP contribution is -2.15. The Morgan fingerprint density at radius 1 is 1.17 bits per heavy atom. The number of anilines is 1. The fourth-order valence-corrected chi connectivity index (χ4v) is 3.11. The number of amides is 1. The van der Waals surface area contributed by atoms with Crippen LogP contribution in [0.3, 0.4) is 0 Å². The van der Waals surface area contributed by atoms with Gasteiger partial charge in [-0.25, -0.2) is 8.78 Å². The Morgan fingerprint density at radius 3 is 2.66 bits per heavy atom. The van der Waals surface area contributed by atoms with Gasteiger partial charge in [0.2, 0.25) is 5.91 Å². The molecule has 0 fully saturated rings. The lowest BCUT2D eigenvalue weighted by Gasteiger charge is -2.10. The van der Waals surface area contributed by atoms with Gasteiger partial charge < -0.3 is 19.4 Å². The molecule has 2 aromatic carbocycles. The number of methoxy groups -OCH3 is 1. The standard InChI is InChI=1S/C19H18F2N4O3S/c1-25-17(10-28-16-6-4-3-5-15(16)27-2)23-24-19(25)29-11-18(26)22-14-8-7-12(20)9-13(14)21/h3-9H,10-11H2,1-2H3,(H,22,26). The van der Waals surface area contributed by atoms with Crippen molar-refractivity contribution in [3.05, 3.63) is 59.9 Å². The van der Waals surface area contributed by atoms with E-state index in [0.29, 0.717) is 28.5 Å². The van der Waals surface area contributed by atoms with Crippen molar-refractivity contribution < 1.29 is 23.0 Å². The monoisotopic (exact) mass is 420 g/mol. The summed E-state index contributed by atoms with van der Waals surface area (Å²) in [6.07, 6.45) is 0. The maximum absolute atomic E-state index is 13.6. The molecule has 1 aromatic heterocycles. The summed E-state index contributed by atoms with van der Waals surface area (Å²) in [5.74, 6) is -0.272. The third-order valence-corrected chi connectivity index (χ3v) is 4.91. The van der Waals surface area contributed by atoms with Crippen LogP contribution in [0, 0.1) is 11.6 Å². The van der Waals surface area contributed by atoms with Gasteiger partial charge in [0.05, 0.1) is 18.6 Å². The normalized spacial score (nSPS) is 10.6. The molecule has 0 spiro atoms. The first kappa shape index (κ1) is 20.6. The Kier molecular flexibility index (Phi) is 6.65. The molecule has 152 valence electrons. The SMILES string of the molecule is COc1ccccc1OCc1nnc(SCC(=O)Nc2ccc(F)cc2F)n1C. The molecule has 7 nitrogen and oxygen atoms in total. The third kappa shape index (κ3) is 5.23. The highest BCUT2D eigenvalue weighted by Crippen LogP contribution is 2.27. The van der Waals surface area contributed by atoms with Gasteiger partial charge in [0.1, 0.15) is 18.2 Å². The second kappa shape index (κ2) is 9.37. The fourth-order valence-electron chi connectivity index (χ4n) is 2.38. The molecule has 3 aromatic rings. The second-order valence-electron chi connectivity index (χ2n) is 5.86. The summed E-state index contributed by atoms with van der Waals surface area (Å²) in [7, 11) is 3.31. The van der Waals surface area contributed by atoms with E-state index in [1.165, 1.54) is 6.07 Å². The number of nitrogens with one attached hydrogen (secondary N) is 1. The van der Waals surface area contributed by atoms with Crippen molar-refractivity contribution in [2.24, 2.45) is 7.05 Å². The van der Waals surface area contributed by atoms with Crippen LogP contribution in [0.5, 0.6) is 11.5 Å². The van der Waals surface area contributed by atoms with Crippen LogP contribution in [0.15, 0.2) is 47.6 Å². The minimum Gasteiger partial charge on any atom is -0.493 e. The van der Waals surface area contributed by atoms with E-state index in [9.17, 15) is 13.6 Å². The number of ether oxygens (including phenoxy) is 2. The van der Waals surface area contributed by atoms with Gasteiger partial charge in [-0.3, -0.25) is 4.79 Å². The summed E-state index contributed by atoms with van der Waals surface area (Å²) < 4.78 is 39.2. The maximum Gasteiger partial charge on any atom is 0.234 e. The Balaban J connectivity index is 1.56. The van der Waals surface area contributed by atoms with Crippen LogP contribution in [-0.2, 0) is 18.4 Å². The maximum atomic E-state index is 13.6. The summed E-state index contributed by atoms with van der Waals surface area (Å²) >= 11 is 1.13. The highest BCUT2D eigenvalue weighted by molar-refractivity contribution is 7.99. The van der Waals surface area contributed by atoms with Gasteiger partial charge in [-0.15, -0.1) is 10.2 Å². The number of hydrogen-bond acceptors (Lipinski definition) is 6. The Labute approximate surface area is 170 Å². The number of hydrogen-bond donors (Lipinski definition) is 1. The van der Waals surface area contributed by atoms with Crippen molar-refractivity contribution in [2.75, 3.05) is 18.2 Å². The van der Waals surface area contributed by atoms with Crippen LogP contribution >= 0.6 is 11.8 Å². The van der Waals surface area contributed by atoms with E-state index in [1.54, 1.807) is 30.9 Å². The molecule has 1 N–H and O–H groups in total. The molecule has 0 aliphatic heterocycles. The quantitative estimate of drug-likeness (QED) is 0.563. The van der Waals surface area contributed by atoms with Crippen LogP contribution < -0.4 is 14.8 Å². The van der Waals surface area contributed by atoms with Crippen LogP contribution in [0.4, 0.5) is 14.5 Å². The molecular weight excluding hydrogens is 402 g/mol. The summed E-state index contributed by atoms with van der Waals surface area (Å²) in [6, 6.07) is 10.2. The van der Waals surface area contributed by atoms with Crippen molar-refractivity contribution in [3.8, 4) is 11.5 Å². The number of rotatable bonds is 8. The van der Waals surface area contributed by atoms with Crippen molar-refractivity contribution in [3.63, 3.8) is 0 Å². The van der Waals surface area contributed by atoms with Crippen LogP contribution in [0.1, 0.15) is 5.82 Å². The van der Waals surface area contributed by atoms with Crippen molar-refractivity contribution >= 4 is 23.4 Å². The van der Waals surface area contributed by atoms with Gasteiger partial charge >= 0.3 is 0 Å². The van der Waals surface area contributed by atoms with Crippen molar-refractivity contribution in [1.82, 2.24) is 14.8 Å². The van der Waals surface area contributed by atoms with E-state index in [0.717, 1.165) is 17.8 Å². The molecule has 0 bridgehead atoms. The van der Waals surface area contributed by atoms with Gasteiger partial charge in [0.15, 0.2) is 22.5 Å². The average molecular weight is 420 g/mol. The lowest BCUT2D eigenvalue weighted by atomic mass is 10.3. The molecular formula is C19H18F2N4O3S. The number of carbonyl (C=O) groups excluding carboxylic acids is 1. The van der Waals surface area contributed by atoms with E-state index >= 15 is 0 Å². The number of carbonyl (C=O) groups is 1. The van der Waals surface area contributed by atoms with E-state index in [2.05, 4.69) is 15.5 Å². The highest BCUT2D eigenvalue weighted by atomic mass is 32.2. The molecule has 1 amide bonds. The van der Waals surface area contributed by atoms with E-state index in [1.807, 2.05) is 12.1 Å². The first-order valence-corrected chi connectivity index (χ1v) is 9.48. The number of para-hydroxylation sites is 2. The molecule has 0 saturated carbocycles. The van der Waals surface area contributed by atoms with E-state index in [4.69, 9.17) is 9.47 Å². The van der Waals surface area contributed by atoms with Gasteiger partial charge in [-0.05, 0) is 24.3 Å². The third-order valence-electron chi connectivity index (χ3n) is 3.89. The average Bonchev–Trinajstić information content (AvgIpc) is 3.06. The molecule has 0 saturated heterocycles. The summed E-state index contributed by atoms with van der Waals surface area (Å²) in [5, 5.41) is 11.0. The predicted molar refractivity (Wildman–Crippen MR) is 104 cm³/mol.